The van der Waals surface area contributed by atoms with Gasteiger partial charge in [0.15, 0.2) is 5.82 Å². The van der Waals surface area contributed by atoms with E-state index < -0.39 is 0 Å². The third kappa shape index (κ3) is 3.34. The number of piperidine rings is 2. The first-order valence-electron chi connectivity index (χ1n) is 7.63. The van der Waals surface area contributed by atoms with Gasteiger partial charge in [-0.1, -0.05) is 0 Å². The molecule has 2 aliphatic rings. The number of hydrogen-bond acceptors (Lipinski definition) is 4. The quantitative estimate of drug-likeness (QED) is 0.863. The first-order valence-corrected chi connectivity index (χ1v) is 7.63. The fraction of sp³-hybridized carbons (Fsp3) is 0.857. The standard InChI is InChI=1S/C14H25N5/c1-11-16-14(18-17-11)13-3-2-8-19(10-13)9-12-4-6-15-7-5-12/h12-13,15H,2-10H2,1H3,(H,16,17,18). The van der Waals surface area contributed by atoms with E-state index in [9.17, 15) is 0 Å². The molecule has 1 unspecified atom stereocenters. The highest BCUT2D eigenvalue weighted by Gasteiger charge is 2.26. The van der Waals surface area contributed by atoms with Crippen LogP contribution in [0.2, 0.25) is 0 Å². The van der Waals surface area contributed by atoms with Crippen LogP contribution in [0.5, 0.6) is 0 Å². The SMILES string of the molecule is Cc1nc(C2CCCN(CC3CCNCC3)C2)n[nH]1. The summed E-state index contributed by atoms with van der Waals surface area (Å²) in [5, 5.41) is 10.8. The van der Waals surface area contributed by atoms with Crippen molar-refractivity contribution in [2.24, 2.45) is 5.92 Å². The van der Waals surface area contributed by atoms with E-state index in [4.69, 9.17) is 0 Å². The van der Waals surface area contributed by atoms with Gasteiger partial charge in [0.2, 0.25) is 0 Å². The molecule has 5 heteroatoms. The van der Waals surface area contributed by atoms with Gasteiger partial charge >= 0.3 is 0 Å². The minimum Gasteiger partial charge on any atom is -0.317 e. The maximum absolute atomic E-state index is 4.51. The Kier molecular flexibility index (Phi) is 4.13. The Morgan fingerprint density at radius 1 is 1.26 bits per heavy atom. The molecule has 19 heavy (non-hydrogen) atoms. The first kappa shape index (κ1) is 13.1. The van der Waals surface area contributed by atoms with Gasteiger partial charge in [-0.15, -0.1) is 0 Å². The smallest absolute Gasteiger partial charge is 0.155 e. The van der Waals surface area contributed by atoms with Gasteiger partial charge in [0.25, 0.3) is 0 Å². The number of rotatable bonds is 3. The highest BCUT2D eigenvalue weighted by atomic mass is 15.2. The zero-order valence-corrected chi connectivity index (χ0v) is 11.9. The second-order valence-electron chi connectivity index (χ2n) is 6.07. The van der Waals surface area contributed by atoms with Gasteiger partial charge in [-0.2, -0.15) is 5.10 Å². The van der Waals surface area contributed by atoms with Crippen molar-refractivity contribution in [1.29, 1.82) is 0 Å². The molecule has 0 aromatic carbocycles. The third-order valence-corrected chi connectivity index (χ3v) is 4.46. The molecule has 3 heterocycles. The maximum atomic E-state index is 4.51. The molecular formula is C14H25N5. The van der Waals surface area contributed by atoms with Crippen molar-refractivity contribution in [3.63, 3.8) is 0 Å². The van der Waals surface area contributed by atoms with E-state index in [1.165, 1.54) is 51.9 Å². The fourth-order valence-corrected chi connectivity index (χ4v) is 3.40. The van der Waals surface area contributed by atoms with Crippen molar-refractivity contribution in [3.8, 4) is 0 Å². The van der Waals surface area contributed by atoms with Crippen LogP contribution in [-0.2, 0) is 0 Å². The predicted octanol–water partition coefficient (Wildman–Crippen LogP) is 1.29. The van der Waals surface area contributed by atoms with E-state index in [0.29, 0.717) is 5.92 Å². The Morgan fingerprint density at radius 2 is 2.11 bits per heavy atom. The van der Waals surface area contributed by atoms with Gasteiger partial charge in [0, 0.05) is 19.0 Å². The predicted molar refractivity (Wildman–Crippen MR) is 75.1 cm³/mol. The number of H-pyrrole nitrogens is 1. The molecular weight excluding hydrogens is 238 g/mol. The third-order valence-electron chi connectivity index (χ3n) is 4.46. The molecule has 1 aromatic heterocycles. The number of aromatic amines is 1. The van der Waals surface area contributed by atoms with Crippen LogP contribution < -0.4 is 5.32 Å². The molecule has 2 fully saturated rings. The summed E-state index contributed by atoms with van der Waals surface area (Å²) in [6.07, 6.45) is 5.19. The van der Waals surface area contributed by atoms with E-state index in [1.54, 1.807) is 0 Å². The van der Waals surface area contributed by atoms with Crippen LogP contribution in [-0.4, -0.2) is 52.8 Å². The molecule has 0 amide bonds. The average Bonchev–Trinajstić information content (AvgIpc) is 2.87. The molecule has 5 nitrogen and oxygen atoms in total. The number of likely N-dealkylation sites (tertiary alicyclic amines) is 1. The van der Waals surface area contributed by atoms with Gasteiger partial charge < -0.3 is 10.2 Å². The van der Waals surface area contributed by atoms with E-state index >= 15 is 0 Å². The Hall–Kier alpha value is -0.940. The molecule has 1 atom stereocenters. The van der Waals surface area contributed by atoms with Crippen LogP contribution in [0.25, 0.3) is 0 Å². The van der Waals surface area contributed by atoms with E-state index in [1.807, 2.05) is 6.92 Å². The molecule has 3 rings (SSSR count). The molecule has 1 aromatic rings. The van der Waals surface area contributed by atoms with E-state index in [2.05, 4.69) is 25.4 Å². The molecule has 2 N–H and O–H groups in total. The lowest BCUT2D eigenvalue weighted by molar-refractivity contribution is 0.161. The van der Waals surface area contributed by atoms with Crippen LogP contribution in [0.15, 0.2) is 0 Å². The Labute approximate surface area is 115 Å². The van der Waals surface area contributed by atoms with Crippen LogP contribution in [0.4, 0.5) is 0 Å². The maximum Gasteiger partial charge on any atom is 0.155 e. The summed E-state index contributed by atoms with van der Waals surface area (Å²) in [6, 6.07) is 0. The molecule has 2 saturated heterocycles. The normalized spacial score (nSPS) is 26.7. The zero-order valence-electron chi connectivity index (χ0n) is 11.9. The number of nitrogens with zero attached hydrogens (tertiary/aromatic N) is 3. The van der Waals surface area contributed by atoms with Crippen molar-refractivity contribution < 1.29 is 0 Å². The van der Waals surface area contributed by atoms with E-state index in [0.717, 1.165) is 24.1 Å². The molecule has 0 saturated carbocycles. The monoisotopic (exact) mass is 263 g/mol. The lowest BCUT2D eigenvalue weighted by Crippen LogP contribution is -2.40. The summed E-state index contributed by atoms with van der Waals surface area (Å²) in [5.74, 6) is 3.37. The van der Waals surface area contributed by atoms with Crippen molar-refractivity contribution in [2.75, 3.05) is 32.7 Å². The van der Waals surface area contributed by atoms with E-state index in [-0.39, 0.29) is 0 Å². The Balaban J connectivity index is 1.55. The summed E-state index contributed by atoms with van der Waals surface area (Å²) in [5.41, 5.74) is 0. The molecule has 0 spiro atoms. The van der Waals surface area contributed by atoms with Gasteiger partial charge in [0.05, 0.1) is 0 Å². The van der Waals surface area contributed by atoms with Crippen LogP contribution in [0.1, 0.15) is 43.3 Å². The topological polar surface area (TPSA) is 56.8 Å². The zero-order chi connectivity index (χ0) is 13.1. The highest BCUT2D eigenvalue weighted by Crippen LogP contribution is 2.26. The number of nitrogens with one attached hydrogen (secondary N) is 2. The second kappa shape index (κ2) is 6.01. The van der Waals surface area contributed by atoms with Crippen molar-refractivity contribution in [1.82, 2.24) is 25.4 Å². The van der Waals surface area contributed by atoms with Gasteiger partial charge in [-0.25, -0.2) is 4.98 Å². The second-order valence-corrected chi connectivity index (χ2v) is 6.07. The van der Waals surface area contributed by atoms with Crippen LogP contribution in [0, 0.1) is 12.8 Å². The number of aromatic nitrogens is 3. The summed E-state index contributed by atoms with van der Waals surface area (Å²) in [4.78, 5) is 7.15. The molecule has 106 valence electrons. The van der Waals surface area contributed by atoms with Gasteiger partial charge in [0.1, 0.15) is 5.82 Å². The molecule has 0 radical (unpaired) electrons. The minimum absolute atomic E-state index is 0.528. The summed E-state index contributed by atoms with van der Waals surface area (Å²) in [7, 11) is 0. The van der Waals surface area contributed by atoms with Crippen molar-refractivity contribution in [2.45, 2.75) is 38.5 Å². The average molecular weight is 263 g/mol. The molecule has 0 bridgehead atoms. The van der Waals surface area contributed by atoms with Gasteiger partial charge in [-0.3, -0.25) is 5.10 Å². The molecule has 0 aliphatic carbocycles. The van der Waals surface area contributed by atoms with Gasteiger partial charge in [-0.05, 0) is 58.2 Å². The summed E-state index contributed by atoms with van der Waals surface area (Å²) >= 11 is 0. The van der Waals surface area contributed by atoms with Crippen LogP contribution in [0.3, 0.4) is 0 Å². The summed E-state index contributed by atoms with van der Waals surface area (Å²) < 4.78 is 0. The Morgan fingerprint density at radius 3 is 2.84 bits per heavy atom. The Bertz CT molecular complexity index is 396. The number of hydrogen-bond donors (Lipinski definition) is 2. The van der Waals surface area contributed by atoms with Crippen molar-refractivity contribution >= 4 is 0 Å². The van der Waals surface area contributed by atoms with Crippen LogP contribution >= 0.6 is 0 Å². The molecule has 2 aliphatic heterocycles. The lowest BCUT2D eigenvalue weighted by Gasteiger charge is -2.35. The highest BCUT2D eigenvalue weighted by molar-refractivity contribution is 4.99. The largest absolute Gasteiger partial charge is 0.317 e. The minimum atomic E-state index is 0.528. The number of aryl methyl sites for hydroxylation is 1. The lowest BCUT2D eigenvalue weighted by atomic mass is 9.93. The fourth-order valence-electron chi connectivity index (χ4n) is 3.40. The van der Waals surface area contributed by atoms with Crippen molar-refractivity contribution in [3.05, 3.63) is 11.6 Å². The first-order chi connectivity index (χ1) is 9.31. The summed E-state index contributed by atoms with van der Waals surface area (Å²) in [6.45, 7) is 8.03.